The minimum absolute atomic E-state index is 0.130. The summed E-state index contributed by atoms with van der Waals surface area (Å²) in [5.41, 5.74) is 2.39. The minimum Gasteiger partial charge on any atom is -0.457 e. The number of benzene rings is 3. The molecule has 5 heteroatoms. The Morgan fingerprint density at radius 2 is 1.52 bits per heavy atom. The van der Waals surface area contributed by atoms with Gasteiger partial charge in [-0.2, -0.15) is 0 Å². The number of nitrogens with one attached hydrogen (secondary N) is 2. The molecule has 3 aromatic rings. The molecule has 1 aliphatic rings. The van der Waals surface area contributed by atoms with E-state index >= 15 is 0 Å². The molecular weight excluding hydrogens is 364 g/mol. The SMILES string of the molecule is CC1=C(C(=O)c2ccccc2)C(c2cccc(Oc3ccccc3)c2)NC(=O)N1. The maximum Gasteiger partial charge on any atom is 0.319 e. The quantitative estimate of drug-likeness (QED) is 0.609. The third-order valence-corrected chi connectivity index (χ3v) is 4.72. The molecule has 0 saturated carbocycles. The summed E-state index contributed by atoms with van der Waals surface area (Å²) >= 11 is 0. The van der Waals surface area contributed by atoms with Crippen LogP contribution < -0.4 is 15.4 Å². The van der Waals surface area contributed by atoms with Crippen molar-refractivity contribution in [1.82, 2.24) is 10.6 Å². The van der Waals surface area contributed by atoms with E-state index < -0.39 is 6.04 Å². The van der Waals surface area contributed by atoms with Gasteiger partial charge in [-0.25, -0.2) is 4.79 Å². The standard InChI is InChI=1S/C24H20N2O3/c1-16-21(23(27)17-9-4-2-5-10-17)22(26-24(28)25-16)18-11-8-14-20(15-18)29-19-12-6-3-7-13-19/h2-15,22H,1H3,(H2,25,26,28). The molecule has 0 aromatic heterocycles. The normalized spacial score (nSPS) is 16.0. The first-order chi connectivity index (χ1) is 14.1. The number of carbonyl (C=O) groups is 2. The van der Waals surface area contributed by atoms with Gasteiger partial charge in [-0.3, -0.25) is 4.79 Å². The zero-order chi connectivity index (χ0) is 20.2. The highest BCUT2D eigenvalue weighted by Gasteiger charge is 2.31. The predicted octanol–water partition coefficient (Wildman–Crippen LogP) is 4.99. The first-order valence-corrected chi connectivity index (χ1v) is 9.33. The average molecular weight is 384 g/mol. The van der Waals surface area contributed by atoms with Crippen LogP contribution in [0.1, 0.15) is 28.9 Å². The van der Waals surface area contributed by atoms with Gasteiger partial charge < -0.3 is 15.4 Å². The maximum atomic E-state index is 13.2. The zero-order valence-electron chi connectivity index (χ0n) is 15.9. The molecule has 0 bridgehead atoms. The van der Waals surface area contributed by atoms with E-state index in [0.29, 0.717) is 28.3 Å². The molecule has 2 N–H and O–H groups in total. The van der Waals surface area contributed by atoms with Crippen molar-refractivity contribution in [2.24, 2.45) is 0 Å². The summed E-state index contributed by atoms with van der Waals surface area (Å²) in [7, 11) is 0. The minimum atomic E-state index is -0.573. The molecule has 1 atom stereocenters. The molecule has 0 saturated heterocycles. The molecule has 1 unspecified atom stereocenters. The fourth-order valence-electron chi connectivity index (χ4n) is 3.37. The van der Waals surface area contributed by atoms with Gasteiger partial charge in [-0.1, -0.05) is 60.7 Å². The molecule has 1 heterocycles. The van der Waals surface area contributed by atoms with Crippen LogP contribution in [-0.2, 0) is 0 Å². The largest absolute Gasteiger partial charge is 0.457 e. The third kappa shape index (κ3) is 4.04. The van der Waals surface area contributed by atoms with Gasteiger partial charge in [-0.15, -0.1) is 0 Å². The number of urea groups is 1. The smallest absolute Gasteiger partial charge is 0.319 e. The Balaban J connectivity index is 1.70. The summed E-state index contributed by atoms with van der Waals surface area (Å²) < 4.78 is 5.91. The summed E-state index contributed by atoms with van der Waals surface area (Å²) in [6.45, 7) is 1.74. The molecule has 3 aromatic carbocycles. The van der Waals surface area contributed by atoms with E-state index in [4.69, 9.17) is 4.74 Å². The number of ketones is 1. The Kier molecular flexibility index (Phi) is 5.12. The highest BCUT2D eigenvalue weighted by molar-refractivity contribution is 6.11. The van der Waals surface area contributed by atoms with Crippen LogP contribution in [-0.4, -0.2) is 11.8 Å². The first kappa shape index (κ1) is 18.5. The zero-order valence-corrected chi connectivity index (χ0v) is 15.9. The van der Waals surface area contributed by atoms with Crippen LogP contribution in [0.5, 0.6) is 11.5 Å². The fourth-order valence-corrected chi connectivity index (χ4v) is 3.37. The Morgan fingerprint density at radius 1 is 0.862 bits per heavy atom. The van der Waals surface area contributed by atoms with Gasteiger partial charge in [0.2, 0.25) is 0 Å². The van der Waals surface area contributed by atoms with Gasteiger partial charge in [0.25, 0.3) is 0 Å². The lowest BCUT2D eigenvalue weighted by atomic mass is 9.89. The van der Waals surface area contributed by atoms with E-state index in [1.165, 1.54) is 0 Å². The average Bonchev–Trinajstić information content (AvgIpc) is 2.74. The number of amides is 2. The van der Waals surface area contributed by atoms with Crippen molar-refractivity contribution >= 4 is 11.8 Å². The van der Waals surface area contributed by atoms with Gasteiger partial charge in [0, 0.05) is 16.8 Å². The fraction of sp³-hybridized carbons (Fsp3) is 0.0833. The summed E-state index contributed by atoms with van der Waals surface area (Å²) in [4.78, 5) is 25.3. The molecule has 5 nitrogen and oxygen atoms in total. The molecule has 0 radical (unpaired) electrons. The van der Waals surface area contributed by atoms with Crippen LogP contribution in [0.3, 0.4) is 0 Å². The van der Waals surface area contributed by atoms with Gasteiger partial charge in [0.1, 0.15) is 11.5 Å². The van der Waals surface area contributed by atoms with Crippen LogP contribution >= 0.6 is 0 Å². The molecule has 144 valence electrons. The highest BCUT2D eigenvalue weighted by Crippen LogP contribution is 2.32. The topological polar surface area (TPSA) is 67.4 Å². The van der Waals surface area contributed by atoms with E-state index in [1.54, 1.807) is 19.1 Å². The van der Waals surface area contributed by atoms with Crippen molar-refractivity contribution in [3.63, 3.8) is 0 Å². The number of carbonyl (C=O) groups excluding carboxylic acids is 2. The highest BCUT2D eigenvalue weighted by atomic mass is 16.5. The van der Waals surface area contributed by atoms with E-state index in [9.17, 15) is 9.59 Å². The second kappa shape index (κ2) is 8.02. The number of ether oxygens (including phenoxy) is 1. The Labute approximate surface area is 169 Å². The van der Waals surface area contributed by atoms with Crippen molar-refractivity contribution < 1.29 is 14.3 Å². The van der Waals surface area contributed by atoms with Gasteiger partial charge >= 0.3 is 6.03 Å². The lowest BCUT2D eigenvalue weighted by Gasteiger charge is -2.29. The molecule has 4 rings (SSSR count). The molecule has 0 spiro atoms. The lowest BCUT2D eigenvalue weighted by molar-refractivity contribution is 0.102. The van der Waals surface area contributed by atoms with Crippen molar-refractivity contribution in [3.8, 4) is 11.5 Å². The number of rotatable bonds is 5. The van der Waals surface area contributed by atoms with E-state index in [1.807, 2.05) is 72.8 Å². The Morgan fingerprint density at radius 3 is 2.24 bits per heavy atom. The molecule has 0 aliphatic carbocycles. The monoisotopic (exact) mass is 384 g/mol. The molecular formula is C24H20N2O3. The Hall–Kier alpha value is -3.86. The molecule has 29 heavy (non-hydrogen) atoms. The van der Waals surface area contributed by atoms with Crippen molar-refractivity contribution in [1.29, 1.82) is 0 Å². The van der Waals surface area contributed by atoms with Crippen LogP contribution in [0, 0.1) is 0 Å². The second-order valence-electron chi connectivity index (χ2n) is 6.75. The summed E-state index contributed by atoms with van der Waals surface area (Å²) in [6, 6.07) is 25.0. The number of allylic oxidation sites excluding steroid dienone is 1. The first-order valence-electron chi connectivity index (χ1n) is 9.33. The number of para-hydroxylation sites is 1. The number of hydrogen-bond donors (Lipinski definition) is 2. The summed E-state index contributed by atoms with van der Waals surface area (Å²) in [6.07, 6.45) is 0. The lowest BCUT2D eigenvalue weighted by Crippen LogP contribution is -2.45. The number of hydrogen-bond acceptors (Lipinski definition) is 3. The third-order valence-electron chi connectivity index (χ3n) is 4.72. The molecule has 2 amide bonds. The van der Waals surface area contributed by atoms with Crippen molar-refractivity contribution in [3.05, 3.63) is 107 Å². The van der Waals surface area contributed by atoms with Crippen LogP contribution in [0.15, 0.2) is 96.2 Å². The van der Waals surface area contributed by atoms with Gasteiger partial charge in [-0.05, 0) is 36.8 Å². The van der Waals surface area contributed by atoms with Crippen LogP contribution in [0.25, 0.3) is 0 Å². The predicted molar refractivity (Wildman–Crippen MR) is 111 cm³/mol. The summed E-state index contributed by atoms with van der Waals surface area (Å²) in [5.74, 6) is 1.21. The second-order valence-corrected chi connectivity index (χ2v) is 6.75. The van der Waals surface area contributed by atoms with E-state index in [2.05, 4.69) is 10.6 Å². The van der Waals surface area contributed by atoms with Crippen LogP contribution in [0.4, 0.5) is 4.79 Å². The maximum absolute atomic E-state index is 13.2. The van der Waals surface area contributed by atoms with Crippen molar-refractivity contribution in [2.75, 3.05) is 0 Å². The molecule has 1 aliphatic heterocycles. The van der Waals surface area contributed by atoms with E-state index in [0.717, 1.165) is 5.56 Å². The molecule has 0 fully saturated rings. The number of Topliss-reactive ketones (excluding diaryl/α,β-unsaturated/α-hetero) is 1. The van der Waals surface area contributed by atoms with Crippen LogP contribution in [0.2, 0.25) is 0 Å². The Bertz CT molecular complexity index is 1080. The van der Waals surface area contributed by atoms with Gasteiger partial charge in [0.15, 0.2) is 5.78 Å². The summed E-state index contributed by atoms with van der Waals surface area (Å²) in [5, 5.41) is 5.58. The van der Waals surface area contributed by atoms with E-state index in [-0.39, 0.29) is 11.8 Å². The van der Waals surface area contributed by atoms with Gasteiger partial charge in [0.05, 0.1) is 6.04 Å². The van der Waals surface area contributed by atoms with Crippen molar-refractivity contribution in [2.45, 2.75) is 13.0 Å².